The van der Waals surface area contributed by atoms with E-state index in [1.165, 1.54) is 30.4 Å². The number of aromatic nitrogens is 3. The number of pyridine rings is 1. The molecule has 2 aromatic heterocycles. The zero-order valence-electron chi connectivity index (χ0n) is 11.2. The van der Waals surface area contributed by atoms with Crippen molar-refractivity contribution < 1.29 is 9.90 Å². The number of hydrogen-bond donors (Lipinski definition) is 1. The zero-order chi connectivity index (χ0) is 14.8. The van der Waals surface area contributed by atoms with Crippen LogP contribution in [0.3, 0.4) is 0 Å². The largest absolute Gasteiger partial charge is 0.481 e. The molecular formula is C13H14ClN3O2S2. The van der Waals surface area contributed by atoms with E-state index in [4.69, 9.17) is 16.7 Å². The van der Waals surface area contributed by atoms with Crippen LogP contribution in [0.1, 0.15) is 12.8 Å². The molecule has 0 radical (unpaired) electrons. The van der Waals surface area contributed by atoms with Crippen LogP contribution in [0.2, 0.25) is 5.02 Å². The van der Waals surface area contributed by atoms with Gasteiger partial charge in [0.05, 0.1) is 10.8 Å². The van der Waals surface area contributed by atoms with E-state index in [0.29, 0.717) is 15.4 Å². The summed E-state index contributed by atoms with van der Waals surface area (Å²) in [7, 11) is 0. The molecule has 1 fully saturated rings. The summed E-state index contributed by atoms with van der Waals surface area (Å²) in [6.45, 7) is 0.817. The van der Waals surface area contributed by atoms with E-state index < -0.39 is 5.97 Å². The number of hydrogen-bond acceptors (Lipinski definition) is 5. The molecule has 2 aromatic rings. The number of rotatable bonds is 5. The van der Waals surface area contributed by atoms with E-state index >= 15 is 0 Å². The lowest BCUT2D eigenvalue weighted by molar-refractivity contribution is -0.133. The summed E-state index contributed by atoms with van der Waals surface area (Å²) in [5, 5.41) is 10.7. The van der Waals surface area contributed by atoms with Crippen LogP contribution in [0.25, 0.3) is 11.2 Å². The van der Waals surface area contributed by atoms with Crippen LogP contribution in [0.4, 0.5) is 0 Å². The second-order valence-corrected chi connectivity index (χ2v) is 7.61. The Bertz CT molecular complexity index is 671. The first-order valence-electron chi connectivity index (χ1n) is 6.61. The number of aliphatic carboxylic acids is 1. The van der Waals surface area contributed by atoms with Gasteiger partial charge in [0.15, 0.2) is 10.8 Å². The van der Waals surface area contributed by atoms with Gasteiger partial charge >= 0.3 is 5.97 Å². The maximum absolute atomic E-state index is 10.8. The molecule has 0 spiro atoms. The molecule has 1 atom stereocenters. The third-order valence-corrected chi connectivity index (χ3v) is 5.80. The van der Waals surface area contributed by atoms with Gasteiger partial charge in [0.2, 0.25) is 0 Å². The third-order valence-electron chi connectivity index (χ3n) is 3.25. The summed E-state index contributed by atoms with van der Waals surface area (Å²) in [6.07, 6.45) is 4.02. The first-order valence-corrected chi connectivity index (χ1v) is 9.02. The van der Waals surface area contributed by atoms with Crippen molar-refractivity contribution in [1.29, 1.82) is 0 Å². The van der Waals surface area contributed by atoms with Crippen LogP contribution in [-0.4, -0.2) is 42.4 Å². The van der Waals surface area contributed by atoms with E-state index in [9.17, 15) is 4.79 Å². The van der Waals surface area contributed by atoms with E-state index in [0.717, 1.165) is 17.7 Å². The fourth-order valence-electron chi connectivity index (χ4n) is 2.36. The van der Waals surface area contributed by atoms with Gasteiger partial charge in [-0.05, 0) is 24.7 Å². The zero-order valence-corrected chi connectivity index (χ0v) is 13.5. The van der Waals surface area contributed by atoms with Crippen molar-refractivity contribution in [1.82, 2.24) is 14.5 Å². The standard InChI is InChI=1S/C13H14ClN3O2S2/c14-8-4-10-12(15-5-8)17(6-9-2-1-3-20-9)13(16-10)21-7-11(18)19/h4-5,9H,1-3,6-7H2,(H,18,19). The normalized spacial score (nSPS) is 18.4. The van der Waals surface area contributed by atoms with Crippen molar-refractivity contribution in [3.8, 4) is 0 Å². The van der Waals surface area contributed by atoms with Crippen molar-refractivity contribution in [2.24, 2.45) is 0 Å². The lowest BCUT2D eigenvalue weighted by atomic mass is 10.2. The molecular weight excluding hydrogens is 330 g/mol. The Morgan fingerprint density at radius 2 is 2.48 bits per heavy atom. The molecule has 0 bridgehead atoms. The molecule has 112 valence electrons. The number of thioether (sulfide) groups is 2. The summed E-state index contributed by atoms with van der Waals surface area (Å²) in [6, 6.07) is 1.77. The van der Waals surface area contributed by atoms with Crippen LogP contribution < -0.4 is 0 Å². The van der Waals surface area contributed by atoms with E-state index in [2.05, 4.69) is 9.97 Å². The van der Waals surface area contributed by atoms with Gasteiger partial charge < -0.3 is 9.67 Å². The number of carbonyl (C=O) groups is 1. The lowest BCUT2D eigenvalue weighted by Crippen LogP contribution is -2.12. The Morgan fingerprint density at radius 3 is 3.19 bits per heavy atom. The predicted octanol–water partition coefficient (Wildman–Crippen LogP) is 3.16. The van der Waals surface area contributed by atoms with Crippen molar-refractivity contribution in [2.45, 2.75) is 29.8 Å². The van der Waals surface area contributed by atoms with Crippen molar-refractivity contribution in [2.75, 3.05) is 11.5 Å². The second-order valence-electron chi connectivity index (χ2n) is 4.82. The molecule has 0 amide bonds. The Labute approximate surface area is 135 Å². The minimum Gasteiger partial charge on any atom is -0.481 e. The predicted molar refractivity (Wildman–Crippen MR) is 86.4 cm³/mol. The van der Waals surface area contributed by atoms with Gasteiger partial charge in [-0.25, -0.2) is 9.97 Å². The van der Waals surface area contributed by atoms with Crippen LogP contribution in [-0.2, 0) is 11.3 Å². The number of carboxylic acids is 1. The van der Waals surface area contributed by atoms with Crippen LogP contribution in [0.15, 0.2) is 17.4 Å². The fourth-order valence-corrected chi connectivity index (χ4v) is 4.50. The Hall–Kier alpha value is -0.920. The van der Waals surface area contributed by atoms with Gasteiger partial charge in [0, 0.05) is 18.0 Å². The molecule has 5 nitrogen and oxygen atoms in total. The third kappa shape index (κ3) is 3.46. The van der Waals surface area contributed by atoms with E-state index in [1.807, 2.05) is 16.3 Å². The number of fused-ring (bicyclic) bond motifs is 1. The van der Waals surface area contributed by atoms with Crippen LogP contribution >= 0.6 is 35.1 Å². The molecule has 3 heterocycles. The SMILES string of the molecule is O=C(O)CSc1nc2cc(Cl)cnc2n1CC1CCCS1. The maximum atomic E-state index is 10.8. The highest BCUT2D eigenvalue weighted by Crippen LogP contribution is 2.31. The first kappa shape index (κ1) is 15.0. The van der Waals surface area contributed by atoms with Gasteiger partial charge in [0.25, 0.3) is 0 Å². The molecule has 1 unspecified atom stereocenters. The molecule has 21 heavy (non-hydrogen) atoms. The average Bonchev–Trinajstić information content (AvgIpc) is 3.05. The summed E-state index contributed by atoms with van der Waals surface area (Å²) in [5.74, 6) is 0.336. The molecule has 1 aliphatic rings. The average molecular weight is 344 g/mol. The summed E-state index contributed by atoms with van der Waals surface area (Å²) >= 11 is 9.15. The van der Waals surface area contributed by atoms with Gasteiger partial charge in [0.1, 0.15) is 5.52 Å². The molecule has 0 aromatic carbocycles. The molecule has 0 saturated carbocycles. The molecule has 1 saturated heterocycles. The molecule has 1 N–H and O–H groups in total. The summed E-state index contributed by atoms with van der Waals surface area (Å²) < 4.78 is 2.03. The van der Waals surface area contributed by atoms with Gasteiger partial charge in [-0.1, -0.05) is 23.4 Å². The summed E-state index contributed by atoms with van der Waals surface area (Å²) in [5.41, 5.74) is 1.50. The minimum absolute atomic E-state index is 0.00510. The van der Waals surface area contributed by atoms with Crippen LogP contribution in [0, 0.1) is 0 Å². The lowest BCUT2D eigenvalue weighted by Gasteiger charge is -2.12. The Kier molecular flexibility index (Phi) is 4.61. The number of halogens is 1. The van der Waals surface area contributed by atoms with E-state index in [1.54, 1.807) is 12.3 Å². The highest BCUT2D eigenvalue weighted by atomic mass is 35.5. The fraction of sp³-hybridized carbons (Fsp3) is 0.462. The quantitative estimate of drug-likeness (QED) is 0.841. The van der Waals surface area contributed by atoms with Crippen molar-refractivity contribution in [3.05, 3.63) is 17.3 Å². The smallest absolute Gasteiger partial charge is 0.313 e. The van der Waals surface area contributed by atoms with Crippen molar-refractivity contribution >= 4 is 52.3 Å². The number of imidazole rings is 1. The van der Waals surface area contributed by atoms with E-state index in [-0.39, 0.29) is 5.75 Å². The molecule has 3 rings (SSSR count). The van der Waals surface area contributed by atoms with Gasteiger partial charge in [-0.2, -0.15) is 11.8 Å². The second kappa shape index (κ2) is 6.46. The Balaban J connectivity index is 1.95. The minimum atomic E-state index is -0.847. The van der Waals surface area contributed by atoms with Crippen LogP contribution in [0.5, 0.6) is 0 Å². The highest BCUT2D eigenvalue weighted by Gasteiger charge is 2.21. The topological polar surface area (TPSA) is 68.0 Å². The molecule has 8 heteroatoms. The highest BCUT2D eigenvalue weighted by molar-refractivity contribution is 8.00. The first-order chi connectivity index (χ1) is 10.1. The monoisotopic (exact) mass is 343 g/mol. The molecule has 0 aliphatic carbocycles. The maximum Gasteiger partial charge on any atom is 0.313 e. The summed E-state index contributed by atoms with van der Waals surface area (Å²) in [4.78, 5) is 19.7. The Morgan fingerprint density at radius 1 is 1.62 bits per heavy atom. The van der Waals surface area contributed by atoms with Crippen molar-refractivity contribution in [3.63, 3.8) is 0 Å². The van der Waals surface area contributed by atoms with Gasteiger partial charge in [-0.3, -0.25) is 4.79 Å². The number of carboxylic acid groups (broad SMARTS) is 1. The van der Waals surface area contributed by atoms with Gasteiger partial charge in [-0.15, -0.1) is 0 Å². The molecule has 1 aliphatic heterocycles. The number of nitrogens with zero attached hydrogens (tertiary/aromatic N) is 3.